The zero-order valence-electron chi connectivity index (χ0n) is 28.3. The average molecular weight is 571 g/mol. The Morgan fingerprint density at radius 1 is 0.976 bits per heavy atom. The van der Waals surface area contributed by atoms with Crippen LogP contribution < -0.4 is 0 Å². The summed E-state index contributed by atoms with van der Waals surface area (Å²) in [5, 5.41) is 0. The van der Waals surface area contributed by atoms with Crippen molar-refractivity contribution in [1.29, 1.82) is 0 Å². The number of hydrogen-bond donors (Lipinski definition) is 0. The average Bonchev–Trinajstić information content (AvgIpc) is 3.19. The highest BCUT2D eigenvalue weighted by atomic mass is 16.6. The SMILES string of the molecule is CCC(C)(C)C(=O)OCC(=O)OC1CC[C@@]2(C)C(=CC[C@H]3[C@]4(C)CC[C@](C)([C@H](C)CCCC(C)C)[C@H]4CC[C@@]32C)C1. The molecule has 0 amide bonds. The predicted molar refractivity (Wildman–Crippen MR) is 167 cm³/mol. The van der Waals surface area contributed by atoms with E-state index in [4.69, 9.17) is 9.47 Å². The standard InChI is InChI=1S/C37H62O4/c1-11-33(5,6)32(39)40-24-31(38)41-28-17-19-36(9)27(23-28)15-16-30-35(8)22-21-34(7,26(4)14-12-13-25(2)3)29(35)18-20-37(30,36)10/h15,25-26,28-30H,11-14,16-24H2,1-10H3/t26-,28?,29-,30+,34-,35-,36+,37+/m1/s1. The molecule has 4 aliphatic carbocycles. The molecule has 4 heteroatoms. The van der Waals surface area contributed by atoms with Gasteiger partial charge in [0.15, 0.2) is 6.61 Å². The van der Waals surface area contributed by atoms with E-state index in [1.54, 1.807) is 0 Å². The van der Waals surface area contributed by atoms with Gasteiger partial charge in [0, 0.05) is 6.42 Å². The van der Waals surface area contributed by atoms with Crippen molar-refractivity contribution >= 4 is 11.9 Å². The lowest BCUT2D eigenvalue weighted by molar-refractivity contribution is -0.170. The van der Waals surface area contributed by atoms with Crippen LogP contribution in [0.1, 0.15) is 146 Å². The van der Waals surface area contributed by atoms with Gasteiger partial charge in [-0.3, -0.25) is 4.79 Å². The molecule has 0 heterocycles. The van der Waals surface area contributed by atoms with E-state index in [0.717, 1.165) is 43.4 Å². The minimum atomic E-state index is -0.579. The first-order valence-electron chi connectivity index (χ1n) is 17.1. The van der Waals surface area contributed by atoms with E-state index in [1.165, 1.54) is 50.5 Å². The number of allylic oxidation sites excluding steroid dienone is 1. The van der Waals surface area contributed by atoms with Crippen LogP contribution in [0.25, 0.3) is 0 Å². The first-order valence-corrected chi connectivity index (χ1v) is 17.1. The lowest BCUT2D eigenvalue weighted by Gasteiger charge is -2.66. The number of hydrogen-bond acceptors (Lipinski definition) is 4. The lowest BCUT2D eigenvalue weighted by Crippen LogP contribution is -2.58. The Hall–Kier alpha value is -1.32. The zero-order valence-corrected chi connectivity index (χ0v) is 28.3. The van der Waals surface area contributed by atoms with Gasteiger partial charge in [-0.2, -0.15) is 0 Å². The minimum absolute atomic E-state index is 0.117. The fourth-order valence-corrected chi connectivity index (χ4v) is 10.2. The summed E-state index contributed by atoms with van der Waals surface area (Å²) in [7, 11) is 0. The van der Waals surface area contributed by atoms with Crippen molar-refractivity contribution in [2.75, 3.05) is 6.61 Å². The molecule has 0 aromatic heterocycles. The molecule has 3 fully saturated rings. The van der Waals surface area contributed by atoms with Gasteiger partial charge in [-0.25, -0.2) is 4.79 Å². The molecule has 0 aromatic carbocycles. The van der Waals surface area contributed by atoms with Crippen molar-refractivity contribution < 1.29 is 19.1 Å². The highest BCUT2D eigenvalue weighted by molar-refractivity contribution is 5.79. The van der Waals surface area contributed by atoms with Crippen LogP contribution >= 0.6 is 0 Å². The summed E-state index contributed by atoms with van der Waals surface area (Å²) < 4.78 is 11.2. The summed E-state index contributed by atoms with van der Waals surface area (Å²) in [5.74, 6) is 2.38. The molecule has 3 saturated carbocycles. The summed E-state index contributed by atoms with van der Waals surface area (Å²) in [4.78, 5) is 24.9. The summed E-state index contributed by atoms with van der Waals surface area (Å²) in [6.07, 6.45) is 16.6. The van der Waals surface area contributed by atoms with E-state index in [-0.39, 0.29) is 29.5 Å². The summed E-state index contributed by atoms with van der Waals surface area (Å²) in [6, 6.07) is 0. The molecule has 0 N–H and O–H groups in total. The minimum Gasteiger partial charge on any atom is -0.460 e. The first-order chi connectivity index (χ1) is 19.0. The number of ether oxygens (including phenoxy) is 2. The first kappa shape index (κ1) is 32.6. The molecule has 4 nitrogen and oxygen atoms in total. The second kappa shape index (κ2) is 11.6. The van der Waals surface area contributed by atoms with Gasteiger partial charge < -0.3 is 9.47 Å². The smallest absolute Gasteiger partial charge is 0.344 e. The number of fused-ring (bicyclic) bond motifs is 5. The zero-order chi connectivity index (χ0) is 30.4. The van der Waals surface area contributed by atoms with Crippen molar-refractivity contribution in [3.05, 3.63) is 11.6 Å². The van der Waals surface area contributed by atoms with Crippen LogP contribution in [0.4, 0.5) is 0 Å². The molecule has 0 saturated heterocycles. The number of esters is 2. The van der Waals surface area contributed by atoms with Crippen LogP contribution in [-0.4, -0.2) is 24.6 Å². The van der Waals surface area contributed by atoms with Gasteiger partial charge in [0.2, 0.25) is 0 Å². The Labute approximate surface area is 252 Å². The lowest BCUT2D eigenvalue weighted by atomic mass is 9.39. The van der Waals surface area contributed by atoms with Crippen molar-refractivity contribution in [3.8, 4) is 0 Å². The van der Waals surface area contributed by atoms with Crippen molar-refractivity contribution in [3.63, 3.8) is 0 Å². The van der Waals surface area contributed by atoms with Crippen molar-refractivity contribution in [1.82, 2.24) is 0 Å². The molecule has 0 bridgehead atoms. The van der Waals surface area contributed by atoms with Crippen LogP contribution in [0.5, 0.6) is 0 Å². The molecule has 0 radical (unpaired) electrons. The maximum absolute atomic E-state index is 12.6. The Morgan fingerprint density at radius 3 is 2.34 bits per heavy atom. The molecular formula is C37H62O4. The topological polar surface area (TPSA) is 52.6 Å². The number of carbonyl (C=O) groups excluding carboxylic acids is 2. The van der Waals surface area contributed by atoms with Crippen LogP contribution in [0, 0.1) is 50.7 Å². The largest absolute Gasteiger partial charge is 0.460 e. The Morgan fingerprint density at radius 2 is 1.68 bits per heavy atom. The van der Waals surface area contributed by atoms with Gasteiger partial charge >= 0.3 is 11.9 Å². The Bertz CT molecular complexity index is 1010. The van der Waals surface area contributed by atoms with E-state index < -0.39 is 11.4 Å². The van der Waals surface area contributed by atoms with Gasteiger partial charge in [-0.05, 0) is 111 Å². The highest BCUT2D eigenvalue weighted by Gasteiger charge is 2.67. The third-order valence-corrected chi connectivity index (χ3v) is 13.9. The molecule has 1 unspecified atom stereocenters. The molecule has 0 spiro atoms. The molecule has 8 atom stereocenters. The molecule has 4 rings (SSSR count). The molecule has 4 aliphatic rings. The van der Waals surface area contributed by atoms with Gasteiger partial charge in [-0.1, -0.05) is 86.3 Å². The molecule has 0 aliphatic heterocycles. The van der Waals surface area contributed by atoms with Crippen molar-refractivity contribution in [2.45, 2.75) is 152 Å². The summed E-state index contributed by atoms with van der Waals surface area (Å²) in [5.41, 5.74) is 2.23. The molecule has 41 heavy (non-hydrogen) atoms. The Balaban J connectivity index is 1.43. The van der Waals surface area contributed by atoms with Gasteiger partial charge in [0.1, 0.15) is 6.10 Å². The number of rotatable bonds is 10. The van der Waals surface area contributed by atoms with Gasteiger partial charge in [0.25, 0.3) is 0 Å². The van der Waals surface area contributed by atoms with Crippen LogP contribution in [-0.2, 0) is 19.1 Å². The summed E-state index contributed by atoms with van der Waals surface area (Å²) >= 11 is 0. The maximum atomic E-state index is 12.6. The normalized spacial score (nSPS) is 39.3. The van der Waals surface area contributed by atoms with Crippen molar-refractivity contribution in [2.24, 2.45) is 50.7 Å². The second-order valence-electron chi connectivity index (χ2n) is 16.8. The second-order valence-corrected chi connectivity index (χ2v) is 16.8. The summed E-state index contributed by atoms with van der Waals surface area (Å²) in [6.45, 7) is 23.1. The maximum Gasteiger partial charge on any atom is 0.344 e. The predicted octanol–water partition coefficient (Wildman–Crippen LogP) is 9.70. The fraction of sp³-hybridized carbons (Fsp3) is 0.892. The quantitative estimate of drug-likeness (QED) is 0.194. The van der Waals surface area contributed by atoms with Crippen LogP contribution in [0.3, 0.4) is 0 Å². The Kier molecular flexibility index (Phi) is 9.25. The number of carbonyl (C=O) groups is 2. The molecule has 234 valence electrons. The van der Waals surface area contributed by atoms with Crippen LogP contribution in [0.2, 0.25) is 0 Å². The molecular weight excluding hydrogens is 508 g/mol. The van der Waals surface area contributed by atoms with E-state index >= 15 is 0 Å². The highest BCUT2D eigenvalue weighted by Crippen LogP contribution is 2.75. The van der Waals surface area contributed by atoms with E-state index in [9.17, 15) is 9.59 Å². The fourth-order valence-electron chi connectivity index (χ4n) is 10.2. The monoisotopic (exact) mass is 570 g/mol. The van der Waals surface area contributed by atoms with Gasteiger partial charge in [0.05, 0.1) is 5.41 Å². The van der Waals surface area contributed by atoms with Gasteiger partial charge in [-0.15, -0.1) is 0 Å². The van der Waals surface area contributed by atoms with E-state index in [1.807, 2.05) is 20.8 Å². The van der Waals surface area contributed by atoms with Crippen LogP contribution in [0.15, 0.2) is 11.6 Å². The van der Waals surface area contributed by atoms with E-state index in [2.05, 4.69) is 54.5 Å². The third-order valence-electron chi connectivity index (χ3n) is 13.9. The molecule has 0 aromatic rings. The third kappa shape index (κ3) is 5.68. The van der Waals surface area contributed by atoms with E-state index in [0.29, 0.717) is 23.2 Å².